The molecule has 0 radical (unpaired) electrons. The lowest BCUT2D eigenvalue weighted by Crippen LogP contribution is -2.44. The zero-order valence-corrected chi connectivity index (χ0v) is 18.1. The van der Waals surface area contributed by atoms with Crippen LogP contribution in [0.2, 0.25) is 10.0 Å². The smallest absolute Gasteiger partial charge is 0.338 e. The number of hydrogen-bond acceptors (Lipinski definition) is 5. The standard InChI is InChI=1S/C22H19Cl2NO5/c1-4-30-18(26)11-25-20(17-10-14(24)6-8-16(17)22(28)29-3)19(21(25)27)15-7-5-13(23)9-12(15)2/h5-10H,4,11H2,1-3H3. The second-order valence-electron chi connectivity index (χ2n) is 6.56. The van der Waals surface area contributed by atoms with Gasteiger partial charge in [0.1, 0.15) is 6.54 Å². The minimum Gasteiger partial charge on any atom is -0.465 e. The Balaban J connectivity index is 2.24. The number of esters is 2. The summed E-state index contributed by atoms with van der Waals surface area (Å²) in [6, 6.07) is 9.79. The van der Waals surface area contributed by atoms with Gasteiger partial charge in [0.2, 0.25) is 0 Å². The Morgan fingerprint density at radius 1 is 1.03 bits per heavy atom. The van der Waals surface area contributed by atoms with E-state index in [-0.39, 0.29) is 24.6 Å². The Morgan fingerprint density at radius 2 is 1.70 bits per heavy atom. The van der Waals surface area contributed by atoms with Gasteiger partial charge >= 0.3 is 11.9 Å². The quantitative estimate of drug-likeness (QED) is 0.614. The van der Waals surface area contributed by atoms with Crippen molar-refractivity contribution in [2.75, 3.05) is 20.3 Å². The van der Waals surface area contributed by atoms with Crippen molar-refractivity contribution in [3.8, 4) is 0 Å². The molecule has 2 aromatic carbocycles. The van der Waals surface area contributed by atoms with Gasteiger partial charge in [0.25, 0.3) is 5.91 Å². The fraction of sp³-hybridized carbons (Fsp3) is 0.227. The number of rotatable bonds is 6. The molecule has 8 heteroatoms. The van der Waals surface area contributed by atoms with Crippen LogP contribution in [0.3, 0.4) is 0 Å². The van der Waals surface area contributed by atoms with Crippen LogP contribution in [-0.2, 0) is 19.1 Å². The van der Waals surface area contributed by atoms with Gasteiger partial charge in [0.05, 0.1) is 30.6 Å². The first-order chi connectivity index (χ1) is 14.3. The van der Waals surface area contributed by atoms with E-state index in [2.05, 4.69) is 0 Å². The van der Waals surface area contributed by atoms with E-state index in [1.165, 1.54) is 18.1 Å². The molecule has 0 saturated carbocycles. The van der Waals surface area contributed by atoms with Gasteiger partial charge in [-0.1, -0.05) is 29.3 Å². The van der Waals surface area contributed by atoms with E-state index in [0.29, 0.717) is 32.4 Å². The maximum absolute atomic E-state index is 13.0. The largest absolute Gasteiger partial charge is 0.465 e. The summed E-state index contributed by atoms with van der Waals surface area (Å²) in [5.74, 6) is -1.51. The van der Waals surface area contributed by atoms with Crippen LogP contribution in [0.1, 0.15) is 34.0 Å². The summed E-state index contributed by atoms with van der Waals surface area (Å²) in [5.41, 5.74) is 2.81. The van der Waals surface area contributed by atoms with E-state index in [1.54, 1.807) is 37.3 Å². The average Bonchev–Trinajstić information content (AvgIpc) is 2.70. The number of benzene rings is 2. The van der Waals surface area contributed by atoms with E-state index in [9.17, 15) is 14.4 Å². The predicted octanol–water partition coefficient (Wildman–Crippen LogP) is 4.36. The van der Waals surface area contributed by atoms with Crippen molar-refractivity contribution in [1.29, 1.82) is 0 Å². The van der Waals surface area contributed by atoms with E-state index < -0.39 is 11.9 Å². The molecule has 6 nitrogen and oxygen atoms in total. The van der Waals surface area contributed by atoms with Crippen molar-refractivity contribution < 1.29 is 23.9 Å². The highest BCUT2D eigenvalue weighted by atomic mass is 35.5. The fourth-order valence-electron chi connectivity index (χ4n) is 3.34. The molecule has 1 amide bonds. The van der Waals surface area contributed by atoms with Gasteiger partial charge in [-0.3, -0.25) is 14.5 Å². The molecule has 0 aromatic heterocycles. The topological polar surface area (TPSA) is 72.9 Å². The van der Waals surface area contributed by atoms with E-state index in [1.807, 2.05) is 6.92 Å². The molecule has 0 bridgehead atoms. The number of hydrogen-bond donors (Lipinski definition) is 0. The molecule has 30 heavy (non-hydrogen) atoms. The Morgan fingerprint density at radius 3 is 2.33 bits per heavy atom. The van der Waals surface area contributed by atoms with Crippen molar-refractivity contribution in [3.05, 3.63) is 68.7 Å². The van der Waals surface area contributed by atoms with Crippen LogP contribution >= 0.6 is 23.2 Å². The number of nitrogens with zero attached hydrogens (tertiary/aromatic N) is 1. The number of amides is 1. The Kier molecular flexibility index (Phi) is 6.48. The molecule has 0 fully saturated rings. The normalized spacial score (nSPS) is 13.2. The second-order valence-corrected chi connectivity index (χ2v) is 7.43. The zero-order valence-electron chi connectivity index (χ0n) is 16.6. The van der Waals surface area contributed by atoms with Gasteiger partial charge in [-0.25, -0.2) is 4.79 Å². The van der Waals surface area contributed by atoms with Crippen LogP contribution in [0.5, 0.6) is 0 Å². The lowest BCUT2D eigenvalue weighted by Gasteiger charge is -2.37. The SMILES string of the molecule is CCOC(=O)CN1C(=O)C(c2ccc(Cl)cc2C)=C1c1cc(Cl)ccc1C(=O)OC. The summed E-state index contributed by atoms with van der Waals surface area (Å²) in [7, 11) is 1.27. The lowest BCUT2D eigenvalue weighted by molar-refractivity contribution is -0.146. The molecule has 1 aliphatic rings. The van der Waals surface area contributed by atoms with Gasteiger partial charge in [0, 0.05) is 15.6 Å². The van der Waals surface area contributed by atoms with Crippen LogP contribution in [0.15, 0.2) is 36.4 Å². The van der Waals surface area contributed by atoms with Crippen molar-refractivity contribution in [1.82, 2.24) is 4.90 Å². The third-order valence-electron chi connectivity index (χ3n) is 4.66. The molecule has 2 aromatic rings. The minimum atomic E-state index is -0.586. The molecule has 3 rings (SSSR count). The molecule has 1 heterocycles. The Labute approximate surface area is 184 Å². The maximum atomic E-state index is 13.0. The monoisotopic (exact) mass is 447 g/mol. The van der Waals surface area contributed by atoms with E-state index in [4.69, 9.17) is 32.7 Å². The second kappa shape index (κ2) is 8.90. The number of halogens is 2. The number of carbonyl (C=O) groups is 3. The van der Waals surface area contributed by atoms with Crippen molar-refractivity contribution in [2.24, 2.45) is 0 Å². The predicted molar refractivity (Wildman–Crippen MR) is 114 cm³/mol. The average molecular weight is 448 g/mol. The van der Waals surface area contributed by atoms with Crippen LogP contribution in [0.25, 0.3) is 11.3 Å². The highest BCUT2D eigenvalue weighted by Gasteiger charge is 2.41. The number of methoxy groups -OCH3 is 1. The van der Waals surface area contributed by atoms with Gasteiger partial charge in [-0.05, 0) is 55.3 Å². The van der Waals surface area contributed by atoms with Gasteiger partial charge < -0.3 is 9.47 Å². The molecule has 0 aliphatic carbocycles. The third-order valence-corrected chi connectivity index (χ3v) is 5.13. The van der Waals surface area contributed by atoms with Gasteiger partial charge in [-0.2, -0.15) is 0 Å². The Bertz CT molecular complexity index is 1080. The van der Waals surface area contributed by atoms with Crippen molar-refractivity contribution in [2.45, 2.75) is 13.8 Å². The third kappa shape index (κ3) is 4.06. The van der Waals surface area contributed by atoms with Crippen molar-refractivity contribution >= 4 is 52.3 Å². The molecule has 0 atom stereocenters. The molecule has 0 spiro atoms. The van der Waals surface area contributed by atoms with Gasteiger partial charge in [-0.15, -0.1) is 0 Å². The highest BCUT2D eigenvalue weighted by molar-refractivity contribution is 6.38. The summed E-state index contributed by atoms with van der Waals surface area (Å²) < 4.78 is 9.87. The zero-order chi connectivity index (χ0) is 22.0. The number of carbonyl (C=O) groups excluding carboxylic acids is 3. The molecular formula is C22H19Cl2NO5. The number of ether oxygens (including phenoxy) is 2. The molecule has 0 unspecified atom stereocenters. The van der Waals surface area contributed by atoms with Crippen molar-refractivity contribution in [3.63, 3.8) is 0 Å². The molecule has 156 valence electrons. The summed E-state index contributed by atoms with van der Waals surface area (Å²) in [6.07, 6.45) is 0. The molecule has 1 aliphatic heterocycles. The minimum absolute atomic E-state index is 0.188. The fourth-order valence-corrected chi connectivity index (χ4v) is 3.74. The summed E-state index contributed by atoms with van der Waals surface area (Å²) in [4.78, 5) is 38.8. The summed E-state index contributed by atoms with van der Waals surface area (Å²) in [6.45, 7) is 3.41. The molecular weight excluding hydrogens is 429 g/mol. The van der Waals surface area contributed by atoms with E-state index in [0.717, 1.165) is 5.56 Å². The summed E-state index contributed by atoms with van der Waals surface area (Å²) >= 11 is 12.2. The Hall–Kier alpha value is -2.83. The number of aryl methyl sites for hydroxylation is 1. The van der Waals surface area contributed by atoms with E-state index >= 15 is 0 Å². The van der Waals surface area contributed by atoms with Crippen LogP contribution < -0.4 is 0 Å². The van der Waals surface area contributed by atoms with Crippen LogP contribution in [0.4, 0.5) is 0 Å². The van der Waals surface area contributed by atoms with Gasteiger partial charge in [0.15, 0.2) is 0 Å². The summed E-state index contributed by atoms with van der Waals surface area (Å²) in [5, 5.41) is 0.902. The van der Waals surface area contributed by atoms with Crippen LogP contribution in [0, 0.1) is 6.92 Å². The first-order valence-corrected chi connectivity index (χ1v) is 9.90. The first-order valence-electron chi connectivity index (χ1n) is 9.15. The first kappa shape index (κ1) is 21.9. The van der Waals surface area contributed by atoms with Crippen LogP contribution in [-0.4, -0.2) is 43.0 Å². The maximum Gasteiger partial charge on any atom is 0.338 e. The molecule has 0 saturated heterocycles. The molecule has 0 N–H and O–H groups in total. The lowest BCUT2D eigenvalue weighted by atomic mass is 9.87. The highest BCUT2D eigenvalue weighted by Crippen LogP contribution is 2.43.